The van der Waals surface area contributed by atoms with Crippen LogP contribution in [-0.2, 0) is 6.54 Å². The number of benzene rings is 2. The minimum atomic E-state index is -0.106. The largest absolute Gasteiger partial charge is 0.323 e. The molecule has 20 heavy (non-hydrogen) atoms. The molecule has 2 amide bonds. The van der Waals surface area contributed by atoms with Crippen LogP contribution in [0.2, 0.25) is 0 Å². The number of nitrogens with zero attached hydrogens (tertiary/aromatic N) is 1. The minimum Gasteiger partial charge on any atom is -0.323 e. The molecule has 0 saturated carbocycles. The molecule has 0 bridgehead atoms. The lowest BCUT2D eigenvalue weighted by Gasteiger charge is -2.18. The van der Waals surface area contributed by atoms with Crippen LogP contribution >= 0.6 is 11.8 Å². The molecule has 0 fully saturated rings. The van der Waals surface area contributed by atoms with Crippen LogP contribution in [0.5, 0.6) is 0 Å². The maximum absolute atomic E-state index is 12.1. The van der Waals surface area contributed by atoms with Crippen LogP contribution in [0.25, 0.3) is 0 Å². The average molecular weight is 286 g/mol. The van der Waals surface area contributed by atoms with Gasteiger partial charge in [0.1, 0.15) is 0 Å². The zero-order chi connectivity index (χ0) is 14.4. The Hall–Kier alpha value is -1.94. The first-order valence-electron chi connectivity index (χ1n) is 6.39. The number of carbonyl (C=O) groups is 1. The third-order valence-corrected chi connectivity index (χ3v) is 3.69. The van der Waals surface area contributed by atoms with Crippen molar-refractivity contribution in [3.05, 3.63) is 60.2 Å². The first kappa shape index (κ1) is 14.5. The molecule has 0 aliphatic rings. The van der Waals surface area contributed by atoms with Gasteiger partial charge in [0.25, 0.3) is 0 Å². The van der Waals surface area contributed by atoms with E-state index in [9.17, 15) is 4.79 Å². The Morgan fingerprint density at radius 3 is 2.35 bits per heavy atom. The standard InChI is InChI=1S/C16H18N2OS/c1-18(12-13-8-10-15(20-2)11-9-13)16(19)17-14-6-4-3-5-7-14/h3-11H,12H2,1-2H3,(H,17,19). The van der Waals surface area contributed by atoms with Crippen molar-refractivity contribution in [2.45, 2.75) is 11.4 Å². The fourth-order valence-corrected chi connectivity index (χ4v) is 2.23. The highest BCUT2D eigenvalue weighted by Gasteiger charge is 2.09. The number of amides is 2. The van der Waals surface area contributed by atoms with Gasteiger partial charge in [-0.05, 0) is 36.1 Å². The van der Waals surface area contributed by atoms with E-state index in [2.05, 4.69) is 35.8 Å². The summed E-state index contributed by atoms with van der Waals surface area (Å²) in [5.74, 6) is 0. The second-order valence-electron chi connectivity index (χ2n) is 4.50. The predicted octanol–water partition coefficient (Wildman–Crippen LogP) is 4.07. The van der Waals surface area contributed by atoms with Crippen molar-refractivity contribution >= 4 is 23.5 Å². The molecule has 2 aromatic rings. The van der Waals surface area contributed by atoms with E-state index in [0.29, 0.717) is 6.54 Å². The number of urea groups is 1. The molecule has 0 spiro atoms. The van der Waals surface area contributed by atoms with Crippen molar-refractivity contribution in [1.82, 2.24) is 4.90 Å². The summed E-state index contributed by atoms with van der Waals surface area (Å²) in [7, 11) is 1.79. The number of hydrogen-bond acceptors (Lipinski definition) is 2. The Balaban J connectivity index is 1.93. The van der Waals surface area contributed by atoms with Crippen LogP contribution in [0.3, 0.4) is 0 Å². The van der Waals surface area contributed by atoms with Crippen molar-refractivity contribution in [3.63, 3.8) is 0 Å². The normalized spacial score (nSPS) is 10.1. The predicted molar refractivity (Wildman–Crippen MR) is 85.2 cm³/mol. The van der Waals surface area contributed by atoms with Gasteiger partial charge in [-0.15, -0.1) is 11.8 Å². The fraction of sp³-hybridized carbons (Fsp3) is 0.188. The summed E-state index contributed by atoms with van der Waals surface area (Å²) in [6.07, 6.45) is 2.05. The lowest BCUT2D eigenvalue weighted by molar-refractivity contribution is 0.220. The molecule has 0 radical (unpaired) electrons. The van der Waals surface area contributed by atoms with E-state index >= 15 is 0 Å². The van der Waals surface area contributed by atoms with Crippen LogP contribution in [0.4, 0.5) is 10.5 Å². The molecule has 1 N–H and O–H groups in total. The van der Waals surface area contributed by atoms with Gasteiger partial charge >= 0.3 is 6.03 Å². The number of para-hydroxylation sites is 1. The second-order valence-corrected chi connectivity index (χ2v) is 5.38. The van der Waals surface area contributed by atoms with Crippen molar-refractivity contribution in [1.29, 1.82) is 0 Å². The number of nitrogens with one attached hydrogen (secondary N) is 1. The SMILES string of the molecule is CSc1ccc(CN(C)C(=O)Nc2ccccc2)cc1. The Morgan fingerprint density at radius 2 is 1.75 bits per heavy atom. The highest BCUT2D eigenvalue weighted by molar-refractivity contribution is 7.98. The topological polar surface area (TPSA) is 32.3 Å². The van der Waals surface area contributed by atoms with Crippen molar-refractivity contribution in [2.24, 2.45) is 0 Å². The van der Waals surface area contributed by atoms with Crippen molar-refractivity contribution in [3.8, 4) is 0 Å². The number of hydrogen-bond donors (Lipinski definition) is 1. The molecule has 0 heterocycles. The van der Waals surface area contributed by atoms with Crippen LogP contribution < -0.4 is 5.32 Å². The molecule has 0 unspecified atom stereocenters. The molecular formula is C16H18N2OS. The van der Waals surface area contributed by atoms with Gasteiger partial charge in [-0.1, -0.05) is 30.3 Å². The van der Waals surface area contributed by atoms with Gasteiger partial charge in [0.15, 0.2) is 0 Å². The second kappa shape index (κ2) is 7.01. The third-order valence-electron chi connectivity index (χ3n) is 2.95. The first-order chi connectivity index (χ1) is 9.69. The van der Waals surface area contributed by atoms with E-state index in [4.69, 9.17) is 0 Å². The smallest absolute Gasteiger partial charge is 0.321 e. The fourth-order valence-electron chi connectivity index (χ4n) is 1.82. The highest BCUT2D eigenvalue weighted by atomic mass is 32.2. The maximum Gasteiger partial charge on any atom is 0.321 e. The van der Waals surface area contributed by atoms with Gasteiger partial charge in [0.05, 0.1) is 0 Å². The highest BCUT2D eigenvalue weighted by Crippen LogP contribution is 2.16. The lowest BCUT2D eigenvalue weighted by atomic mass is 10.2. The first-order valence-corrected chi connectivity index (χ1v) is 7.61. The summed E-state index contributed by atoms with van der Waals surface area (Å²) >= 11 is 1.71. The van der Waals surface area contributed by atoms with Crippen LogP contribution in [0.1, 0.15) is 5.56 Å². The van der Waals surface area contributed by atoms with Gasteiger partial charge in [-0.25, -0.2) is 4.79 Å². The Morgan fingerprint density at radius 1 is 1.10 bits per heavy atom. The Labute approximate surface area is 124 Å². The summed E-state index contributed by atoms with van der Waals surface area (Å²) < 4.78 is 0. The van der Waals surface area contributed by atoms with E-state index in [1.54, 1.807) is 23.7 Å². The van der Waals surface area contributed by atoms with Gasteiger partial charge in [-0.3, -0.25) is 0 Å². The molecule has 0 atom stereocenters. The molecule has 2 rings (SSSR count). The molecule has 104 valence electrons. The lowest BCUT2D eigenvalue weighted by Crippen LogP contribution is -2.30. The maximum atomic E-state index is 12.1. The van der Waals surface area contributed by atoms with Gasteiger partial charge in [-0.2, -0.15) is 0 Å². The van der Waals surface area contributed by atoms with Gasteiger partial charge < -0.3 is 10.2 Å². The van der Waals surface area contributed by atoms with Gasteiger partial charge in [0.2, 0.25) is 0 Å². The molecule has 4 heteroatoms. The average Bonchev–Trinajstić information content (AvgIpc) is 2.49. The van der Waals surface area contributed by atoms with Gasteiger partial charge in [0, 0.05) is 24.2 Å². The Kier molecular flexibility index (Phi) is 5.07. The Bertz CT molecular complexity index is 554. The molecule has 0 aliphatic heterocycles. The zero-order valence-electron chi connectivity index (χ0n) is 11.7. The molecule has 0 aliphatic carbocycles. The van der Waals surface area contributed by atoms with E-state index in [-0.39, 0.29) is 6.03 Å². The summed E-state index contributed by atoms with van der Waals surface area (Å²) in [4.78, 5) is 14.9. The summed E-state index contributed by atoms with van der Waals surface area (Å²) in [5, 5.41) is 2.87. The summed E-state index contributed by atoms with van der Waals surface area (Å²) in [6.45, 7) is 0.591. The number of anilines is 1. The van der Waals surface area contributed by atoms with Crippen molar-refractivity contribution in [2.75, 3.05) is 18.6 Å². The number of rotatable bonds is 4. The minimum absolute atomic E-state index is 0.106. The van der Waals surface area contributed by atoms with Crippen LogP contribution in [0.15, 0.2) is 59.5 Å². The molecule has 0 aromatic heterocycles. The van der Waals surface area contributed by atoms with Crippen molar-refractivity contribution < 1.29 is 4.79 Å². The zero-order valence-corrected chi connectivity index (χ0v) is 12.5. The molecule has 0 saturated heterocycles. The molecular weight excluding hydrogens is 268 g/mol. The summed E-state index contributed by atoms with van der Waals surface area (Å²) in [5.41, 5.74) is 1.93. The molecule has 2 aromatic carbocycles. The number of thioether (sulfide) groups is 1. The van der Waals surface area contributed by atoms with E-state index < -0.39 is 0 Å². The van der Waals surface area contributed by atoms with E-state index in [1.165, 1.54) is 4.90 Å². The van der Waals surface area contributed by atoms with E-state index in [0.717, 1.165) is 11.3 Å². The number of carbonyl (C=O) groups excluding carboxylic acids is 1. The quantitative estimate of drug-likeness (QED) is 0.859. The van der Waals surface area contributed by atoms with Crippen LogP contribution in [0, 0.1) is 0 Å². The van der Waals surface area contributed by atoms with E-state index in [1.807, 2.05) is 30.3 Å². The summed E-state index contributed by atoms with van der Waals surface area (Å²) in [6, 6.07) is 17.6. The van der Waals surface area contributed by atoms with Crippen LogP contribution in [-0.4, -0.2) is 24.2 Å². The monoisotopic (exact) mass is 286 g/mol. The third kappa shape index (κ3) is 4.03. The molecule has 3 nitrogen and oxygen atoms in total.